The van der Waals surface area contributed by atoms with Gasteiger partial charge in [0.25, 0.3) is 0 Å². The van der Waals surface area contributed by atoms with Gasteiger partial charge >= 0.3 is 5.97 Å². The van der Waals surface area contributed by atoms with Crippen LogP contribution in [0.15, 0.2) is 29.3 Å². The predicted molar refractivity (Wildman–Crippen MR) is 119 cm³/mol. The third-order valence-corrected chi connectivity index (χ3v) is 7.03. The average Bonchev–Trinajstić information content (AvgIpc) is 3.43. The summed E-state index contributed by atoms with van der Waals surface area (Å²) in [4.78, 5) is 30.9. The van der Waals surface area contributed by atoms with E-state index in [4.69, 9.17) is 17.3 Å². The molecular formula is C21H24Cl2N4O3. The molecular weight excluding hydrogens is 427 g/mol. The number of rotatable bonds is 3. The first-order chi connectivity index (χ1) is 13.9. The molecule has 1 saturated heterocycles. The normalized spacial score (nSPS) is 27.8. The molecule has 2 aromatic heterocycles. The highest BCUT2D eigenvalue weighted by Gasteiger charge is 2.41. The first kappa shape index (κ1) is 21.2. The van der Waals surface area contributed by atoms with Gasteiger partial charge < -0.3 is 20.3 Å². The van der Waals surface area contributed by atoms with E-state index in [9.17, 15) is 14.7 Å². The molecule has 3 N–H and O–H groups in total. The zero-order chi connectivity index (χ0) is 20.4. The molecule has 160 valence electrons. The number of nitrogens with two attached hydrogens (primary N) is 1. The third-order valence-electron chi connectivity index (χ3n) is 6.68. The summed E-state index contributed by atoms with van der Waals surface area (Å²) in [7, 11) is 0. The minimum atomic E-state index is -1.23. The first-order valence-corrected chi connectivity index (χ1v) is 10.4. The summed E-state index contributed by atoms with van der Waals surface area (Å²) >= 11 is 6.81. The van der Waals surface area contributed by atoms with Crippen LogP contribution in [-0.4, -0.2) is 39.8 Å². The molecule has 2 fully saturated rings. The molecule has 2 aliphatic carbocycles. The Bertz CT molecular complexity index is 1090. The van der Waals surface area contributed by atoms with Crippen molar-refractivity contribution in [2.45, 2.75) is 31.8 Å². The lowest BCUT2D eigenvalue weighted by Crippen LogP contribution is -2.38. The van der Waals surface area contributed by atoms with Crippen LogP contribution in [0.1, 0.15) is 36.2 Å². The summed E-state index contributed by atoms with van der Waals surface area (Å²) in [5.74, 6) is 0.620. The maximum atomic E-state index is 12.7. The summed E-state index contributed by atoms with van der Waals surface area (Å²) < 4.78 is 1.85. The lowest BCUT2D eigenvalue weighted by Gasteiger charge is -2.30. The van der Waals surface area contributed by atoms with Crippen molar-refractivity contribution in [3.05, 3.63) is 45.4 Å². The van der Waals surface area contributed by atoms with Crippen molar-refractivity contribution in [2.24, 2.45) is 23.5 Å². The fraction of sp³-hybridized carbons (Fsp3) is 0.476. The van der Waals surface area contributed by atoms with Gasteiger partial charge in [-0.25, -0.2) is 9.78 Å². The zero-order valence-electron chi connectivity index (χ0n) is 16.5. The number of nitrogens with zero attached hydrogens (tertiary/aromatic N) is 3. The highest BCUT2D eigenvalue weighted by atomic mass is 35.5. The number of carboxylic acids is 1. The lowest BCUT2D eigenvalue weighted by molar-refractivity contribution is 0.0695. The molecule has 0 bridgehead atoms. The Morgan fingerprint density at radius 3 is 2.60 bits per heavy atom. The molecule has 0 aromatic carbocycles. The van der Waals surface area contributed by atoms with Crippen LogP contribution in [0.2, 0.25) is 5.02 Å². The Morgan fingerprint density at radius 2 is 1.97 bits per heavy atom. The molecule has 30 heavy (non-hydrogen) atoms. The molecule has 1 aliphatic heterocycles. The van der Waals surface area contributed by atoms with Gasteiger partial charge in [-0.05, 0) is 24.7 Å². The minimum Gasteiger partial charge on any atom is -0.477 e. The van der Waals surface area contributed by atoms with Gasteiger partial charge in [0.1, 0.15) is 16.4 Å². The molecule has 3 aliphatic rings. The number of allylic oxidation sites excluding steroid dienone is 1. The number of aromatic nitrogens is 2. The Morgan fingerprint density at radius 1 is 1.27 bits per heavy atom. The zero-order valence-corrected chi connectivity index (χ0v) is 18.1. The van der Waals surface area contributed by atoms with Crippen LogP contribution < -0.4 is 16.1 Å². The van der Waals surface area contributed by atoms with Crippen molar-refractivity contribution in [1.82, 2.24) is 9.55 Å². The van der Waals surface area contributed by atoms with Gasteiger partial charge in [-0.15, -0.1) is 12.4 Å². The standard InChI is InChI=1S/C21H23ClN4O3.ClH/c1-10-2-5-16(23)14-8-25(7-13(10)14)20-17(22)18-12(6-24-20)19(27)15(21(28)29)9-26(18)11-3-4-11;/h2,5-6,9-11,13-14,16H,3-4,7-8,23H2,1H3,(H,28,29);1H/t10-,13-,14-,16+;/m0./s1. The van der Waals surface area contributed by atoms with Gasteiger partial charge in [-0.3, -0.25) is 4.79 Å². The summed E-state index contributed by atoms with van der Waals surface area (Å²) in [5.41, 5.74) is 6.12. The van der Waals surface area contributed by atoms with Gasteiger partial charge in [0.05, 0.1) is 10.9 Å². The van der Waals surface area contributed by atoms with E-state index in [0.29, 0.717) is 34.1 Å². The van der Waals surface area contributed by atoms with E-state index in [1.54, 1.807) is 0 Å². The monoisotopic (exact) mass is 450 g/mol. The van der Waals surface area contributed by atoms with E-state index < -0.39 is 11.4 Å². The van der Waals surface area contributed by atoms with Crippen LogP contribution in [0.4, 0.5) is 5.82 Å². The van der Waals surface area contributed by atoms with E-state index in [1.165, 1.54) is 12.4 Å². The number of hydrogen-bond acceptors (Lipinski definition) is 5. The molecule has 4 atom stereocenters. The number of anilines is 1. The molecule has 2 aromatic rings. The first-order valence-electron chi connectivity index (χ1n) is 10.0. The maximum absolute atomic E-state index is 12.7. The van der Waals surface area contributed by atoms with Crippen molar-refractivity contribution >= 4 is 46.7 Å². The summed E-state index contributed by atoms with van der Waals surface area (Å²) in [6.45, 7) is 3.78. The summed E-state index contributed by atoms with van der Waals surface area (Å²) in [5, 5.41) is 10.1. The number of hydrogen-bond donors (Lipinski definition) is 2. The Kier molecular flexibility index (Phi) is 5.33. The van der Waals surface area contributed by atoms with E-state index in [-0.39, 0.29) is 35.4 Å². The smallest absolute Gasteiger partial charge is 0.341 e. The number of carboxylic acid groups (broad SMARTS) is 1. The number of aromatic carboxylic acids is 1. The number of carbonyl (C=O) groups is 1. The van der Waals surface area contributed by atoms with E-state index in [0.717, 1.165) is 25.9 Å². The second kappa shape index (κ2) is 7.55. The highest BCUT2D eigenvalue weighted by Crippen LogP contribution is 2.43. The molecule has 0 spiro atoms. The number of fused-ring (bicyclic) bond motifs is 2. The molecule has 3 heterocycles. The van der Waals surface area contributed by atoms with Gasteiger partial charge in [0, 0.05) is 43.5 Å². The third kappa shape index (κ3) is 3.20. The predicted octanol–water partition coefficient (Wildman–Crippen LogP) is 3.09. The van der Waals surface area contributed by atoms with Crippen LogP contribution in [0.25, 0.3) is 10.9 Å². The SMILES string of the molecule is C[C@H]1C=C[C@@H](N)[C@H]2CN(c3ncc4c(=O)c(C(=O)O)cn(C5CC5)c4c3Cl)C[C@H]21.Cl. The second-order valence-electron chi connectivity index (χ2n) is 8.53. The fourth-order valence-electron chi connectivity index (χ4n) is 4.89. The van der Waals surface area contributed by atoms with Crippen LogP contribution in [0.5, 0.6) is 0 Å². The lowest BCUT2D eigenvalue weighted by atomic mass is 9.77. The Labute approximate surface area is 184 Å². The summed E-state index contributed by atoms with van der Waals surface area (Å²) in [6.07, 6.45) is 9.07. The van der Waals surface area contributed by atoms with Gasteiger partial charge in [0.2, 0.25) is 5.43 Å². The second-order valence-corrected chi connectivity index (χ2v) is 8.91. The van der Waals surface area contributed by atoms with Crippen LogP contribution in [-0.2, 0) is 0 Å². The van der Waals surface area contributed by atoms with Crippen molar-refractivity contribution < 1.29 is 9.90 Å². The van der Waals surface area contributed by atoms with E-state index in [1.807, 2.05) is 4.57 Å². The van der Waals surface area contributed by atoms with Crippen LogP contribution in [0.3, 0.4) is 0 Å². The topological polar surface area (TPSA) is 101 Å². The quantitative estimate of drug-likeness (QED) is 0.696. The molecule has 5 rings (SSSR count). The van der Waals surface area contributed by atoms with Crippen molar-refractivity contribution in [2.75, 3.05) is 18.0 Å². The largest absolute Gasteiger partial charge is 0.477 e. The van der Waals surface area contributed by atoms with Crippen molar-refractivity contribution in [3.63, 3.8) is 0 Å². The van der Waals surface area contributed by atoms with Gasteiger partial charge in [-0.2, -0.15) is 0 Å². The van der Waals surface area contributed by atoms with Crippen LogP contribution in [0, 0.1) is 17.8 Å². The van der Waals surface area contributed by atoms with Crippen LogP contribution >= 0.6 is 24.0 Å². The molecule has 9 heteroatoms. The maximum Gasteiger partial charge on any atom is 0.341 e. The fourth-order valence-corrected chi connectivity index (χ4v) is 5.25. The van der Waals surface area contributed by atoms with E-state index >= 15 is 0 Å². The number of halogens is 2. The van der Waals surface area contributed by atoms with Crippen molar-refractivity contribution in [1.29, 1.82) is 0 Å². The average molecular weight is 451 g/mol. The Hall–Kier alpha value is -2.09. The van der Waals surface area contributed by atoms with E-state index in [2.05, 4.69) is 29.0 Å². The number of pyridine rings is 2. The molecule has 7 nitrogen and oxygen atoms in total. The molecule has 0 amide bonds. The molecule has 0 unspecified atom stereocenters. The Balaban J connectivity index is 0.00000218. The molecule has 1 saturated carbocycles. The van der Waals surface area contributed by atoms with Gasteiger partial charge in [0.15, 0.2) is 0 Å². The van der Waals surface area contributed by atoms with Crippen molar-refractivity contribution in [3.8, 4) is 0 Å². The molecule has 0 radical (unpaired) electrons. The highest BCUT2D eigenvalue weighted by molar-refractivity contribution is 6.37. The minimum absolute atomic E-state index is 0. The summed E-state index contributed by atoms with van der Waals surface area (Å²) in [6, 6.07) is 0.186. The van der Waals surface area contributed by atoms with Gasteiger partial charge in [-0.1, -0.05) is 30.7 Å².